The Labute approximate surface area is 114 Å². The van der Waals surface area contributed by atoms with Gasteiger partial charge in [0.1, 0.15) is 18.0 Å². The summed E-state index contributed by atoms with van der Waals surface area (Å²) < 4.78 is 40.2. The molecule has 0 fully saturated rings. The molecule has 0 bridgehead atoms. The van der Waals surface area contributed by atoms with Crippen LogP contribution in [0.4, 0.5) is 4.39 Å². The molecule has 0 atom stereocenters. The number of hydrogen-bond acceptors (Lipinski definition) is 5. The molecule has 0 amide bonds. The molecule has 0 spiro atoms. The van der Waals surface area contributed by atoms with E-state index in [1.54, 1.807) is 0 Å². The third-order valence-electron chi connectivity index (χ3n) is 2.72. The minimum atomic E-state index is -3.91. The molecular formula is C11H13FN4O3S. The monoisotopic (exact) mass is 300 g/mol. The summed E-state index contributed by atoms with van der Waals surface area (Å²) in [5, 5.41) is 15.1. The molecule has 0 aliphatic rings. The number of sulfonamides is 1. The van der Waals surface area contributed by atoms with Crippen LogP contribution in [-0.4, -0.2) is 28.7 Å². The molecule has 0 saturated carbocycles. The quantitative estimate of drug-likeness (QED) is 0.732. The van der Waals surface area contributed by atoms with Crippen LogP contribution < -0.4 is 4.72 Å². The highest BCUT2D eigenvalue weighted by Gasteiger charge is 2.20. The third kappa shape index (κ3) is 3.00. The van der Waals surface area contributed by atoms with Crippen molar-refractivity contribution < 1.29 is 17.9 Å². The van der Waals surface area contributed by atoms with Crippen LogP contribution in [0, 0.1) is 12.7 Å². The van der Waals surface area contributed by atoms with Gasteiger partial charge < -0.3 is 5.11 Å². The molecule has 9 heteroatoms. The van der Waals surface area contributed by atoms with Crippen LogP contribution in [0.15, 0.2) is 23.4 Å². The average molecular weight is 300 g/mol. The molecule has 108 valence electrons. The van der Waals surface area contributed by atoms with Gasteiger partial charge in [-0.1, -0.05) is 0 Å². The first-order valence-corrected chi connectivity index (χ1v) is 7.16. The molecule has 0 saturated heterocycles. The van der Waals surface area contributed by atoms with Gasteiger partial charge in [0.25, 0.3) is 0 Å². The maximum absolute atomic E-state index is 13.6. The molecular weight excluding hydrogens is 287 g/mol. The number of aromatic nitrogens is 3. The topological polar surface area (TPSA) is 108 Å². The van der Waals surface area contributed by atoms with E-state index in [2.05, 4.69) is 19.9 Å². The molecule has 0 radical (unpaired) electrons. The van der Waals surface area contributed by atoms with Crippen molar-refractivity contribution in [3.05, 3.63) is 41.2 Å². The molecule has 1 heterocycles. The fourth-order valence-corrected chi connectivity index (χ4v) is 2.92. The Kier molecular flexibility index (Phi) is 4.12. The second kappa shape index (κ2) is 5.65. The van der Waals surface area contributed by atoms with Crippen molar-refractivity contribution in [3.63, 3.8) is 0 Å². The Hall–Kier alpha value is -1.84. The Balaban J connectivity index is 2.31. The van der Waals surface area contributed by atoms with Crippen molar-refractivity contribution in [3.8, 4) is 0 Å². The van der Waals surface area contributed by atoms with Crippen molar-refractivity contribution in [1.82, 2.24) is 19.9 Å². The highest BCUT2D eigenvalue weighted by atomic mass is 32.2. The molecule has 20 heavy (non-hydrogen) atoms. The van der Waals surface area contributed by atoms with Gasteiger partial charge in [-0.3, -0.25) is 5.10 Å². The minimum Gasteiger partial charge on any atom is -0.392 e. The summed E-state index contributed by atoms with van der Waals surface area (Å²) in [4.78, 5) is 3.57. The molecule has 2 aromatic rings. The summed E-state index contributed by atoms with van der Waals surface area (Å²) in [5.74, 6) is -0.346. The summed E-state index contributed by atoms with van der Waals surface area (Å²) in [6.07, 6.45) is 1.25. The van der Waals surface area contributed by atoms with E-state index >= 15 is 0 Å². The zero-order valence-corrected chi connectivity index (χ0v) is 11.4. The third-order valence-corrected chi connectivity index (χ3v) is 4.25. The van der Waals surface area contributed by atoms with Crippen LogP contribution in [0.1, 0.15) is 17.0 Å². The lowest BCUT2D eigenvalue weighted by Crippen LogP contribution is -2.25. The van der Waals surface area contributed by atoms with Gasteiger partial charge in [0, 0.05) is 5.56 Å². The largest absolute Gasteiger partial charge is 0.392 e. The first-order valence-electron chi connectivity index (χ1n) is 5.68. The normalized spacial score (nSPS) is 11.8. The number of aromatic amines is 1. The predicted molar refractivity (Wildman–Crippen MR) is 67.5 cm³/mol. The van der Waals surface area contributed by atoms with E-state index in [4.69, 9.17) is 5.11 Å². The summed E-state index contributed by atoms with van der Waals surface area (Å²) in [7, 11) is -3.91. The molecule has 2 rings (SSSR count). The van der Waals surface area contributed by atoms with Crippen molar-refractivity contribution in [1.29, 1.82) is 0 Å². The molecule has 0 aliphatic heterocycles. The molecule has 7 nitrogen and oxygen atoms in total. The SMILES string of the molecule is Cc1c(F)cc(CO)cc1S(=O)(=O)NCc1ncn[nH]1. The number of rotatable bonds is 5. The van der Waals surface area contributed by atoms with Crippen molar-refractivity contribution in [2.75, 3.05) is 0 Å². The van der Waals surface area contributed by atoms with Gasteiger partial charge in [0.05, 0.1) is 18.0 Å². The Bertz CT molecular complexity index is 701. The lowest BCUT2D eigenvalue weighted by atomic mass is 10.1. The van der Waals surface area contributed by atoms with E-state index in [0.29, 0.717) is 5.82 Å². The highest BCUT2D eigenvalue weighted by molar-refractivity contribution is 7.89. The van der Waals surface area contributed by atoms with Gasteiger partial charge in [-0.2, -0.15) is 5.10 Å². The minimum absolute atomic E-state index is 0.00716. The van der Waals surface area contributed by atoms with Crippen LogP contribution in [0.25, 0.3) is 0 Å². The summed E-state index contributed by atoms with van der Waals surface area (Å²) in [6, 6.07) is 2.34. The number of benzene rings is 1. The smallest absolute Gasteiger partial charge is 0.241 e. The van der Waals surface area contributed by atoms with E-state index in [1.807, 2.05) is 0 Å². The number of hydrogen-bond donors (Lipinski definition) is 3. The number of aliphatic hydroxyl groups is 1. The van der Waals surface area contributed by atoms with E-state index in [9.17, 15) is 12.8 Å². The van der Waals surface area contributed by atoms with Crippen LogP contribution >= 0.6 is 0 Å². The molecule has 1 aromatic carbocycles. The fraction of sp³-hybridized carbons (Fsp3) is 0.273. The molecule has 0 unspecified atom stereocenters. The second-order valence-electron chi connectivity index (χ2n) is 4.12. The molecule has 3 N–H and O–H groups in total. The Morgan fingerprint density at radius 1 is 1.45 bits per heavy atom. The van der Waals surface area contributed by atoms with Gasteiger partial charge in [-0.05, 0) is 24.6 Å². The second-order valence-corrected chi connectivity index (χ2v) is 5.85. The van der Waals surface area contributed by atoms with Crippen molar-refractivity contribution in [2.24, 2.45) is 0 Å². The molecule has 0 aliphatic carbocycles. The van der Waals surface area contributed by atoms with E-state index in [0.717, 1.165) is 6.07 Å². The van der Waals surface area contributed by atoms with Crippen molar-refractivity contribution in [2.45, 2.75) is 25.0 Å². The van der Waals surface area contributed by atoms with Gasteiger partial charge in [0.15, 0.2) is 0 Å². The number of halogens is 1. The Morgan fingerprint density at radius 2 is 2.20 bits per heavy atom. The van der Waals surface area contributed by atoms with Gasteiger partial charge >= 0.3 is 0 Å². The number of H-pyrrole nitrogens is 1. The number of nitrogens with zero attached hydrogens (tertiary/aromatic N) is 2. The number of aliphatic hydroxyl groups excluding tert-OH is 1. The lowest BCUT2D eigenvalue weighted by molar-refractivity contribution is 0.281. The van der Waals surface area contributed by atoms with Gasteiger partial charge in [-0.15, -0.1) is 0 Å². The van der Waals surface area contributed by atoms with Gasteiger partial charge in [-0.25, -0.2) is 22.5 Å². The van der Waals surface area contributed by atoms with E-state index < -0.39 is 22.4 Å². The van der Waals surface area contributed by atoms with Crippen LogP contribution in [0.5, 0.6) is 0 Å². The Morgan fingerprint density at radius 3 is 2.80 bits per heavy atom. The standard InChI is InChI=1S/C11H13FN4O3S/c1-7-9(12)2-8(5-17)3-10(7)20(18,19)15-4-11-13-6-14-16-11/h2-3,6,15,17H,4-5H2,1H3,(H,13,14,16). The van der Waals surface area contributed by atoms with Crippen molar-refractivity contribution >= 4 is 10.0 Å². The zero-order valence-electron chi connectivity index (χ0n) is 10.6. The summed E-state index contributed by atoms with van der Waals surface area (Å²) in [5.41, 5.74) is 0.181. The lowest BCUT2D eigenvalue weighted by Gasteiger charge is -2.10. The summed E-state index contributed by atoms with van der Waals surface area (Å²) in [6.45, 7) is 0.827. The maximum Gasteiger partial charge on any atom is 0.241 e. The van der Waals surface area contributed by atoms with E-state index in [1.165, 1.54) is 19.3 Å². The zero-order chi connectivity index (χ0) is 14.8. The van der Waals surface area contributed by atoms with Crippen LogP contribution in [0.2, 0.25) is 0 Å². The van der Waals surface area contributed by atoms with Crippen LogP contribution in [-0.2, 0) is 23.2 Å². The summed E-state index contributed by atoms with van der Waals surface area (Å²) >= 11 is 0. The maximum atomic E-state index is 13.6. The van der Waals surface area contributed by atoms with Crippen LogP contribution in [0.3, 0.4) is 0 Å². The fourth-order valence-electron chi connectivity index (χ4n) is 1.63. The highest BCUT2D eigenvalue weighted by Crippen LogP contribution is 2.20. The van der Waals surface area contributed by atoms with Gasteiger partial charge in [0.2, 0.25) is 10.0 Å². The number of nitrogens with one attached hydrogen (secondary N) is 2. The molecule has 1 aromatic heterocycles. The average Bonchev–Trinajstić information content (AvgIpc) is 2.92. The first kappa shape index (κ1) is 14.6. The van der Waals surface area contributed by atoms with E-state index in [-0.39, 0.29) is 22.6 Å². The first-order chi connectivity index (χ1) is 9.44. The predicted octanol–water partition coefficient (Wildman–Crippen LogP) is 0.223.